The van der Waals surface area contributed by atoms with Crippen molar-refractivity contribution in [3.05, 3.63) is 127 Å². The van der Waals surface area contributed by atoms with E-state index in [0.717, 1.165) is 27.8 Å². The van der Waals surface area contributed by atoms with Gasteiger partial charge in [0.15, 0.2) is 0 Å². The molecule has 0 aliphatic rings. The van der Waals surface area contributed by atoms with Gasteiger partial charge in [-0.2, -0.15) is 0 Å². The zero-order valence-electron chi connectivity index (χ0n) is 15.9. The van der Waals surface area contributed by atoms with Crippen molar-refractivity contribution in [1.82, 2.24) is 0 Å². The van der Waals surface area contributed by atoms with Crippen molar-refractivity contribution in [2.24, 2.45) is 0 Å². The van der Waals surface area contributed by atoms with Crippen LogP contribution in [0, 0.1) is 0 Å². The molecule has 0 saturated carbocycles. The standard InChI is InChI=1S/C26H22BrOP/c27-29(23-15-7-2-8-16-23,24-17-9-3-10-18-24,25-19-11-4-12-20-25)26(21-28)22-13-5-1-6-14-22/h1-21,26H. The van der Waals surface area contributed by atoms with Crippen molar-refractivity contribution in [3.8, 4) is 0 Å². The summed E-state index contributed by atoms with van der Waals surface area (Å²) in [6.07, 6.45) is 1.12. The molecule has 0 N–H and O–H groups in total. The van der Waals surface area contributed by atoms with Crippen molar-refractivity contribution >= 4 is 43.0 Å². The van der Waals surface area contributed by atoms with Gasteiger partial charge in [0.2, 0.25) is 0 Å². The molecule has 3 heteroatoms. The van der Waals surface area contributed by atoms with Gasteiger partial charge in [0.25, 0.3) is 0 Å². The Morgan fingerprint density at radius 3 is 1.17 bits per heavy atom. The van der Waals surface area contributed by atoms with Crippen LogP contribution in [0.4, 0.5) is 0 Å². The van der Waals surface area contributed by atoms with Crippen molar-refractivity contribution < 1.29 is 4.79 Å². The Hall–Kier alpha value is -2.54. The molecule has 0 fully saturated rings. The molecule has 0 radical (unpaired) electrons. The first-order valence-electron chi connectivity index (χ1n) is 9.60. The molecule has 0 aliphatic carbocycles. The van der Waals surface area contributed by atoms with Crippen molar-refractivity contribution in [2.45, 2.75) is 5.66 Å². The second-order valence-electron chi connectivity index (χ2n) is 7.07. The zero-order valence-corrected chi connectivity index (χ0v) is 18.4. The Morgan fingerprint density at radius 1 is 0.552 bits per heavy atom. The van der Waals surface area contributed by atoms with Crippen LogP contribution in [0.25, 0.3) is 0 Å². The normalized spacial score (nSPS) is 13.8. The number of benzene rings is 4. The number of carbonyl (C=O) groups excluding carboxylic acids is 1. The average Bonchev–Trinajstić information content (AvgIpc) is 2.82. The molecular formula is C26H22BrOP. The fourth-order valence-electron chi connectivity index (χ4n) is 4.21. The van der Waals surface area contributed by atoms with Gasteiger partial charge in [-0.1, -0.05) is 0 Å². The maximum absolute atomic E-state index is 12.9. The number of halogens is 1. The number of hydrogen-bond donors (Lipinski definition) is 0. The van der Waals surface area contributed by atoms with Crippen molar-refractivity contribution in [1.29, 1.82) is 0 Å². The summed E-state index contributed by atoms with van der Waals surface area (Å²) in [6.45, 7) is 0. The molecule has 4 rings (SSSR count). The summed E-state index contributed by atoms with van der Waals surface area (Å²) >= 11 is 4.38. The average molecular weight is 461 g/mol. The van der Waals surface area contributed by atoms with Crippen LogP contribution >= 0.6 is 20.8 Å². The quantitative estimate of drug-likeness (QED) is 0.263. The fourth-order valence-corrected chi connectivity index (χ4v) is 12.4. The summed E-state index contributed by atoms with van der Waals surface area (Å²) in [7, 11) is 0. The van der Waals surface area contributed by atoms with E-state index in [1.165, 1.54) is 0 Å². The van der Waals surface area contributed by atoms with Crippen LogP contribution in [0.1, 0.15) is 11.2 Å². The predicted octanol–water partition coefficient (Wildman–Crippen LogP) is 5.77. The van der Waals surface area contributed by atoms with Crippen LogP contribution in [0.15, 0.2) is 121 Å². The van der Waals surface area contributed by atoms with Crippen LogP contribution in [-0.2, 0) is 4.79 Å². The van der Waals surface area contributed by atoms with E-state index < -0.39 is 5.31 Å². The Morgan fingerprint density at radius 2 is 0.862 bits per heavy atom. The Labute approximate surface area is 180 Å². The number of aldehydes is 1. The van der Waals surface area contributed by atoms with Crippen LogP contribution in [0.5, 0.6) is 0 Å². The first-order chi connectivity index (χ1) is 14.2. The topological polar surface area (TPSA) is 17.1 Å². The molecule has 29 heavy (non-hydrogen) atoms. The summed E-state index contributed by atoms with van der Waals surface area (Å²) in [5.41, 5.74) is 0.642. The predicted molar refractivity (Wildman–Crippen MR) is 129 cm³/mol. The fraction of sp³-hybridized carbons (Fsp3) is 0.0385. The molecule has 4 aromatic rings. The third-order valence-electron chi connectivity index (χ3n) is 5.58. The molecule has 0 saturated heterocycles. The molecule has 144 valence electrons. The molecule has 0 aromatic heterocycles. The second kappa shape index (κ2) is 8.06. The zero-order chi connectivity index (χ0) is 20.2. The van der Waals surface area contributed by atoms with Gasteiger partial charge in [-0.05, 0) is 0 Å². The van der Waals surface area contributed by atoms with E-state index in [1.807, 2.05) is 36.4 Å². The summed E-state index contributed by atoms with van der Waals surface area (Å²) in [6, 6.07) is 41.3. The van der Waals surface area contributed by atoms with Gasteiger partial charge in [0.1, 0.15) is 0 Å². The summed E-state index contributed by atoms with van der Waals surface area (Å²) < 4.78 is 0. The number of hydrogen-bond acceptors (Lipinski definition) is 1. The second-order valence-corrected chi connectivity index (χ2v) is 15.7. The molecule has 4 aromatic carbocycles. The third-order valence-corrected chi connectivity index (χ3v) is 16.0. The Kier molecular flexibility index (Phi) is 5.50. The molecule has 1 nitrogen and oxygen atoms in total. The van der Waals surface area contributed by atoms with Gasteiger partial charge < -0.3 is 0 Å². The summed E-state index contributed by atoms with van der Waals surface area (Å²) in [5.74, 6) is 0. The van der Waals surface area contributed by atoms with Gasteiger partial charge in [0.05, 0.1) is 0 Å². The Balaban J connectivity index is 2.20. The van der Waals surface area contributed by atoms with E-state index in [-0.39, 0.29) is 5.66 Å². The van der Waals surface area contributed by atoms with Gasteiger partial charge >= 0.3 is 180 Å². The Bertz CT molecular complexity index is 983. The molecule has 0 aliphatic heterocycles. The molecule has 0 bridgehead atoms. The van der Waals surface area contributed by atoms with E-state index in [4.69, 9.17) is 0 Å². The molecule has 1 atom stereocenters. The first-order valence-corrected chi connectivity index (χ1v) is 13.9. The van der Waals surface area contributed by atoms with E-state index in [9.17, 15) is 4.79 Å². The van der Waals surface area contributed by atoms with Crippen molar-refractivity contribution in [2.75, 3.05) is 0 Å². The molecule has 0 heterocycles. The van der Waals surface area contributed by atoms with E-state index in [2.05, 4.69) is 100 Å². The van der Waals surface area contributed by atoms with Gasteiger partial charge in [-0.3, -0.25) is 0 Å². The van der Waals surface area contributed by atoms with E-state index in [1.54, 1.807) is 0 Å². The van der Waals surface area contributed by atoms with E-state index >= 15 is 0 Å². The monoisotopic (exact) mass is 460 g/mol. The molecule has 1 unspecified atom stereocenters. The van der Waals surface area contributed by atoms with Gasteiger partial charge in [-0.25, -0.2) is 0 Å². The van der Waals surface area contributed by atoms with Crippen LogP contribution < -0.4 is 15.9 Å². The number of carbonyl (C=O) groups is 1. The molecule has 0 amide bonds. The maximum atomic E-state index is 12.9. The number of rotatable bonds is 6. The minimum absolute atomic E-state index is 0.366. The van der Waals surface area contributed by atoms with E-state index in [0.29, 0.717) is 0 Å². The summed E-state index contributed by atoms with van der Waals surface area (Å²) in [4.78, 5) is 12.9. The summed E-state index contributed by atoms with van der Waals surface area (Å²) in [5, 5.41) is 0.0354. The molecule has 0 spiro atoms. The third kappa shape index (κ3) is 3.08. The van der Waals surface area contributed by atoms with Crippen LogP contribution in [0.2, 0.25) is 0 Å². The SMILES string of the molecule is O=CC(c1ccccc1)P(Br)(c1ccccc1)(c1ccccc1)c1ccccc1. The van der Waals surface area contributed by atoms with Crippen LogP contribution in [-0.4, -0.2) is 6.29 Å². The minimum atomic E-state index is -3.37. The van der Waals surface area contributed by atoms with Crippen LogP contribution in [0.3, 0.4) is 0 Å². The van der Waals surface area contributed by atoms with Crippen molar-refractivity contribution in [3.63, 3.8) is 0 Å². The molecular weight excluding hydrogens is 439 g/mol. The van der Waals surface area contributed by atoms with Gasteiger partial charge in [0, 0.05) is 0 Å². The first kappa shape index (κ1) is 19.8. The van der Waals surface area contributed by atoms with Gasteiger partial charge in [-0.15, -0.1) is 0 Å².